The summed E-state index contributed by atoms with van der Waals surface area (Å²) in [5.41, 5.74) is 3.04. The van der Waals surface area contributed by atoms with E-state index in [9.17, 15) is 4.79 Å². The summed E-state index contributed by atoms with van der Waals surface area (Å²) in [5, 5.41) is 3.66. The predicted molar refractivity (Wildman–Crippen MR) is 101 cm³/mol. The van der Waals surface area contributed by atoms with E-state index in [1.807, 2.05) is 29.7 Å². The number of amides is 1. The molecule has 0 atom stereocenters. The monoisotopic (exact) mass is 358 g/mol. The fourth-order valence-electron chi connectivity index (χ4n) is 2.26. The van der Waals surface area contributed by atoms with Gasteiger partial charge in [-0.05, 0) is 12.1 Å². The first-order valence-electron chi connectivity index (χ1n) is 7.48. The Morgan fingerprint density at radius 1 is 1.42 bits per heavy atom. The minimum atomic E-state index is -0.0173. The zero-order valence-electron chi connectivity index (χ0n) is 13.6. The molecule has 0 bridgehead atoms. The number of fused-ring (bicyclic) bond motifs is 1. The minimum Gasteiger partial charge on any atom is -0.315 e. The van der Waals surface area contributed by atoms with Crippen molar-refractivity contribution in [2.24, 2.45) is 0 Å². The van der Waals surface area contributed by atoms with E-state index in [-0.39, 0.29) is 5.91 Å². The Balaban J connectivity index is 1.79. The number of allylic oxidation sites excluding steroid dienone is 1. The summed E-state index contributed by atoms with van der Waals surface area (Å²) in [6, 6.07) is 8.09. The number of nitrogens with zero attached hydrogens (tertiary/aromatic N) is 4. The smallest absolute Gasteiger partial charge is 0.225 e. The summed E-state index contributed by atoms with van der Waals surface area (Å²) >= 11 is 3.12. The minimum absolute atomic E-state index is 0.0173. The van der Waals surface area contributed by atoms with Gasteiger partial charge in [-0.3, -0.25) is 9.69 Å². The van der Waals surface area contributed by atoms with E-state index >= 15 is 0 Å². The quantitative estimate of drug-likeness (QED) is 0.494. The van der Waals surface area contributed by atoms with Gasteiger partial charge in [0.05, 0.1) is 16.7 Å². The molecule has 0 aliphatic carbocycles. The van der Waals surface area contributed by atoms with E-state index in [0.717, 1.165) is 33.6 Å². The second-order valence-electron chi connectivity index (χ2n) is 5.27. The fourth-order valence-corrected chi connectivity index (χ4v) is 4.12. The second-order valence-corrected chi connectivity index (χ2v) is 7.05. The molecule has 2 heterocycles. The van der Waals surface area contributed by atoms with Gasteiger partial charge in [0, 0.05) is 31.6 Å². The molecule has 0 aliphatic rings. The summed E-state index contributed by atoms with van der Waals surface area (Å²) in [4.78, 5) is 22.2. The molecule has 0 unspecified atom stereocenters. The molecule has 0 fully saturated rings. The van der Waals surface area contributed by atoms with Crippen LogP contribution in [0.1, 0.15) is 12.6 Å². The van der Waals surface area contributed by atoms with Gasteiger partial charge in [0.25, 0.3) is 0 Å². The van der Waals surface area contributed by atoms with Crippen LogP contribution in [0.5, 0.6) is 0 Å². The van der Waals surface area contributed by atoms with Crippen molar-refractivity contribution >= 4 is 45.2 Å². The van der Waals surface area contributed by atoms with Crippen LogP contribution >= 0.6 is 23.1 Å². The van der Waals surface area contributed by atoms with Crippen LogP contribution in [-0.4, -0.2) is 27.5 Å². The average Bonchev–Trinajstić information content (AvgIpc) is 3.18. The molecule has 0 saturated heterocycles. The van der Waals surface area contributed by atoms with Crippen molar-refractivity contribution in [2.45, 2.75) is 24.4 Å². The number of thioether (sulfide) groups is 1. The van der Waals surface area contributed by atoms with Gasteiger partial charge in [0.15, 0.2) is 10.3 Å². The van der Waals surface area contributed by atoms with Crippen LogP contribution in [0.25, 0.3) is 11.0 Å². The van der Waals surface area contributed by atoms with Crippen LogP contribution in [0.15, 0.2) is 47.5 Å². The topological polar surface area (TPSA) is 51.0 Å². The number of aromatic nitrogens is 3. The molecule has 3 rings (SSSR count). The first-order chi connectivity index (χ1) is 11.6. The van der Waals surface area contributed by atoms with E-state index in [4.69, 9.17) is 4.98 Å². The van der Waals surface area contributed by atoms with Crippen LogP contribution < -0.4 is 4.90 Å². The molecular weight excluding hydrogens is 340 g/mol. The van der Waals surface area contributed by atoms with Gasteiger partial charge in [0.1, 0.15) is 0 Å². The number of imidazole rings is 1. The summed E-state index contributed by atoms with van der Waals surface area (Å²) in [6.07, 6.45) is 1.88. The van der Waals surface area contributed by atoms with Gasteiger partial charge in [0.2, 0.25) is 5.91 Å². The number of para-hydroxylation sites is 2. The lowest BCUT2D eigenvalue weighted by molar-refractivity contribution is -0.116. The maximum atomic E-state index is 11.4. The van der Waals surface area contributed by atoms with Crippen molar-refractivity contribution in [1.82, 2.24) is 14.5 Å². The number of thiazole rings is 1. The number of hydrogen-bond acceptors (Lipinski definition) is 5. The molecule has 0 saturated carbocycles. The van der Waals surface area contributed by atoms with Gasteiger partial charge in [-0.1, -0.05) is 30.0 Å². The Hall–Kier alpha value is -2.12. The standard InChI is InChI=1S/C17H18N4OS2/c1-4-9-21-15-8-6-5-7-14(15)19-17(21)24-11-13-10-23-16(18-13)20(3)12(2)22/h4-8,10H,1,9,11H2,2-3H3. The number of carbonyl (C=O) groups excluding carboxylic acids is 1. The van der Waals surface area contributed by atoms with Crippen LogP contribution in [0.3, 0.4) is 0 Å². The highest BCUT2D eigenvalue weighted by Crippen LogP contribution is 2.28. The zero-order valence-corrected chi connectivity index (χ0v) is 15.2. The number of hydrogen-bond donors (Lipinski definition) is 0. The summed E-state index contributed by atoms with van der Waals surface area (Å²) in [6.45, 7) is 6.09. The van der Waals surface area contributed by atoms with Gasteiger partial charge in [-0.25, -0.2) is 9.97 Å². The lowest BCUT2D eigenvalue weighted by atomic mass is 10.3. The van der Waals surface area contributed by atoms with E-state index in [0.29, 0.717) is 5.75 Å². The Kier molecular flexibility index (Phi) is 5.01. The van der Waals surface area contributed by atoms with Gasteiger partial charge in [-0.15, -0.1) is 17.9 Å². The molecule has 5 nitrogen and oxygen atoms in total. The third kappa shape index (κ3) is 3.37. The lowest BCUT2D eigenvalue weighted by Gasteiger charge is -2.09. The molecule has 0 radical (unpaired) electrons. The van der Waals surface area contributed by atoms with Crippen molar-refractivity contribution < 1.29 is 4.79 Å². The third-order valence-corrected chi connectivity index (χ3v) is 5.56. The molecule has 0 aliphatic heterocycles. The molecule has 0 spiro atoms. The summed E-state index contributed by atoms with van der Waals surface area (Å²) in [7, 11) is 1.74. The van der Waals surface area contributed by atoms with E-state index < -0.39 is 0 Å². The average molecular weight is 358 g/mol. The normalized spacial score (nSPS) is 10.9. The highest BCUT2D eigenvalue weighted by molar-refractivity contribution is 7.98. The van der Waals surface area contributed by atoms with Crippen molar-refractivity contribution in [3.05, 3.63) is 48.0 Å². The van der Waals surface area contributed by atoms with Crippen LogP contribution in [0.4, 0.5) is 5.13 Å². The number of carbonyl (C=O) groups is 1. The number of anilines is 1. The van der Waals surface area contributed by atoms with Crippen LogP contribution in [-0.2, 0) is 17.1 Å². The molecule has 1 aromatic carbocycles. The maximum absolute atomic E-state index is 11.4. The van der Waals surface area contributed by atoms with Gasteiger partial charge in [-0.2, -0.15) is 0 Å². The van der Waals surface area contributed by atoms with E-state index in [1.165, 1.54) is 18.3 Å². The Labute approximate surface area is 149 Å². The van der Waals surface area contributed by atoms with Crippen molar-refractivity contribution in [2.75, 3.05) is 11.9 Å². The zero-order chi connectivity index (χ0) is 17.1. The molecule has 124 valence electrons. The van der Waals surface area contributed by atoms with Crippen molar-refractivity contribution in [1.29, 1.82) is 0 Å². The largest absolute Gasteiger partial charge is 0.315 e. The first-order valence-corrected chi connectivity index (χ1v) is 9.34. The summed E-state index contributed by atoms with van der Waals surface area (Å²) < 4.78 is 2.15. The second kappa shape index (κ2) is 7.19. The van der Waals surface area contributed by atoms with Gasteiger partial charge < -0.3 is 4.57 Å². The van der Waals surface area contributed by atoms with E-state index in [2.05, 4.69) is 22.2 Å². The van der Waals surface area contributed by atoms with E-state index in [1.54, 1.807) is 23.7 Å². The molecule has 2 aromatic heterocycles. The fraction of sp³-hybridized carbons (Fsp3) is 0.235. The summed E-state index contributed by atoms with van der Waals surface area (Å²) in [5.74, 6) is 0.694. The highest BCUT2D eigenvalue weighted by atomic mass is 32.2. The molecule has 1 amide bonds. The molecular formula is C17H18N4OS2. The Bertz CT molecular complexity index is 884. The Morgan fingerprint density at radius 3 is 2.96 bits per heavy atom. The SMILES string of the molecule is C=CCn1c(SCc2csc(N(C)C(C)=O)n2)nc2ccccc21. The van der Waals surface area contributed by atoms with Gasteiger partial charge >= 0.3 is 0 Å². The van der Waals surface area contributed by atoms with Crippen LogP contribution in [0.2, 0.25) is 0 Å². The highest BCUT2D eigenvalue weighted by Gasteiger charge is 2.13. The molecule has 7 heteroatoms. The first kappa shape index (κ1) is 16.7. The molecule has 0 N–H and O–H groups in total. The third-order valence-electron chi connectivity index (χ3n) is 3.58. The van der Waals surface area contributed by atoms with Crippen molar-refractivity contribution in [3.8, 4) is 0 Å². The lowest BCUT2D eigenvalue weighted by Crippen LogP contribution is -2.22. The molecule has 3 aromatic rings. The van der Waals surface area contributed by atoms with Crippen molar-refractivity contribution in [3.63, 3.8) is 0 Å². The Morgan fingerprint density at radius 2 is 2.21 bits per heavy atom. The number of benzene rings is 1. The number of rotatable bonds is 6. The predicted octanol–water partition coefficient (Wildman–Crippen LogP) is 3.95. The molecule has 24 heavy (non-hydrogen) atoms. The van der Waals surface area contributed by atoms with Crippen LogP contribution in [0, 0.1) is 0 Å². The maximum Gasteiger partial charge on any atom is 0.225 e.